The van der Waals surface area contributed by atoms with E-state index in [-0.39, 0.29) is 16.1 Å². The second kappa shape index (κ2) is 5.16. The predicted molar refractivity (Wildman–Crippen MR) is 63.4 cm³/mol. The minimum Gasteiger partial charge on any atom is -0.439 e. The predicted octanol–water partition coefficient (Wildman–Crippen LogP) is 4.79. The van der Waals surface area contributed by atoms with Gasteiger partial charge in [0.25, 0.3) is 0 Å². The first-order chi connectivity index (χ1) is 8.86. The van der Waals surface area contributed by atoms with E-state index in [0.29, 0.717) is 0 Å². The van der Waals surface area contributed by atoms with Gasteiger partial charge in [-0.05, 0) is 34.1 Å². The van der Waals surface area contributed by atoms with Gasteiger partial charge in [0.05, 0.1) is 4.47 Å². The highest BCUT2D eigenvalue weighted by atomic mass is 79.9. The van der Waals surface area contributed by atoms with Crippen molar-refractivity contribution in [3.8, 4) is 11.6 Å². The minimum atomic E-state index is -4.55. The fourth-order valence-electron chi connectivity index (χ4n) is 1.29. The number of alkyl halides is 3. The summed E-state index contributed by atoms with van der Waals surface area (Å²) < 4.78 is 55.9. The average Bonchev–Trinajstić information content (AvgIpc) is 2.33. The van der Waals surface area contributed by atoms with Crippen LogP contribution in [0.3, 0.4) is 0 Å². The molecule has 7 heteroatoms. The van der Waals surface area contributed by atoms with Crippen molar-refractivity contribution in [2.75, 3.05) is 0 Å². The number of hydrogen-bond acceptors (Lipinski definition) is 2. The second-order valence-electron chi connectivity index (χ2n) is 3.54. The van der Waals surface area contributed by atoms with E-state index in [1.807, 2.05) is 0 Å². The number of aromatic nitrogens is 1. The van der Waals surface area contributed by atoms with E-state index < -0.39 is 17.7 Å². The molecular weight excluding hydrogens is 330 g/mol. The van der Waals surface area contributed by atoms with Crippen LogP contribution in [0.2, 0.25) is 0 Å². The first-order valence-electron chi connectivity index (χ1n) is 5.03. The van der Waals surface area contributed by atoms with Crippen LogP contribution in [0.15, 0.2) is 40.9 Å². The summed E-state index contributed by atoms with van der Waals surface area (Å²) in [5.41, 5.74) is -1.07. The lowest BCUT2D eigenvalue weighted by atomic mass is 10.3. The number of ether oxygens (including phenoxy) is 1. The Bertz CT molecular complexity index is 601. The van der Waals surface area contributed by atoms with Crippen LogP contribution in [0.1, 0.15) is 5.69 Å². The molecule has 100 valence electrons. The third kappa shape index (κ3) is 3.44. The molecule has 0 aliphatic carbocycles. The lowest BCUT2D eigenvalue weighted by Gasteiger charge is -2.09. The van der Waals surface area contributed by atoms with Crippen LogP contribution in [-0.4, -0.2) is 4.98 Å². The molecule has 2 aromatic rings. The van der Waals surface area contributed by atoms with Crippen molar-refractivity contribution in [3.05, 3.63) is 52.4 Å². The first-order valence-corrected chi connectivity index (χ1v) is 5.83. The zero-order valence-corrected chi connectivity index (χ0v) is 10.8. The number of halogens is 5. The second-order valence-corrected chi connectivity index (χ2v) is 4.39. The number of hydrogen-bond donors (Lipinski definition) is 0. The van der Waals surface area contributed by atoms with Gasteiger partial charge in [0.2, 0.25) is 5.88 Å². The topological polar surface area (TPSA) is 22.1 Å². The molecule has 0 saturated heterocycles. The number of rotatable bonds is 2. The molecule has 0 radical (unpaired) electrons. The third-order valence-electron chi connectivity index (χ3n) is 2.13. The summed E-state index contributed by atoms with van der Waals surface area (Å²) >= 11 is 2.96. The normalized spacial score (nSPS) is 11.4. The summed E-state index contributed by atoms with van der Waals surface area (Å²) in [6.45, 7) is 0. The smallest absolute Gasteiger partial charge is 0.433 e. The highest BCUT2D eigenvalue weighted by molar-refractivity contribution is 9.10. The minimum absolute atomic E-state index is 0.0625. The van der Waals surface area contributed by atoms with Crippen LogP contribution < -0.4 is 4.74 Å². The van der Waals surface area contributed by atoms with E-state index in [4.69, 9.17) is 4.74 Å². The molecule has 0 N–H and O–H groups in total. The number of benzene rings is 1. The van der Waals surface area contributed by atoms with E-state index in [1.54, 1.807) is 0 Å². The van der Waals surface area contributed by atoms with Crippen molar-refractivity contribution >= 4 is 15.9 Å². The monoisotopic (exact) mass is 335 g/mol. The molecule has 2 rings (SSSR count). The van der Waals surface area contributed by atoms with Crippen molar-refractivity contribution in [2.45, 2.75) is 6.18 Å². The van der Waals surface area contributed by atoms with E-state index in [2.05, 4.69) is 20.9 Å². The standard InChI is InChI=1S/C12H6BrF4NO/c13-8-5-4-7(6-9(8)14)19-11-3-1-2-10(18-11)12(15,16)17/h1-6H. The molecule has 0 saturated carbocycles. The summed E-state index contributed by atoms with van der Waals surface area (Å²) in [5, 5.41) is 0. The maximum Gasteiger partial charge on any atom is 0.433 e. The maximum atomic E-state index is 13.2. The lowest BCUT2D eigenvalue weighted by Crippen LogP contribution is -2.07. The largest absolute Gasteiger partial charge is 0.439 e. The van der Waals surface area contributed by atoms with Gasteiger partial charge in [-0.3, -0.25) is 0 Å². The van der Waals surface area contributed by atoms with Gasteiger partial charge in [-0.25, -0.2) is 9.37 Å². The highest BCUT2D eigenvalue weighted by Crippen LogP contribution is 2.30. The molecule has 19 heavy (non-hydrogen) atoms. The summed E-state index contributed by atoms with van der Waals surface area (Å²) in [6, 6.07) is 7.10. The Morgan fingerprint density at radius 1 is 1.11 bits per heavy atom. The third-order valence-corrected chi connectivity index (χ3v) is 2.77. The Kier molecular flexibility index (Phi) is 3.75. The maximum absolute atomic E-state index is 13.2. The molecule has 1 aromatic carbocycles. The van der Waals surface area contributed by atoms with E-state index in [9.17, 15) is 17.6 Å². The molecule has 1 heterocycles. The van der Waals surface area contributed by atoms with Crippen LogP contribution >= 0.6 is 15.9 Å². The van der Waals surface area contributed by atoms with Gasteiger partial charge >= 0.3 is 6.18 Å². The molecule has 0 atom stereocenters. The van der Waals surface area contributed by atoms with Crippen molar-refractivity contribution in [1.29, 1.82) is 0 Å². The van der Waals surface area contributed by atoms with Crippen molar-refractivity contribution in [3.63, 3.8) is 0 Å². The van der Waals surface area contributed by atoms with Gasteiger partial charge in [0.15, 0.2) is 0 Å². The molecular formula is C12H6BrF4NO. The van der Waals surface area contributed by atoms with Gasteiger partial charge in [0.1, 0.15) is 17.3 Å². The van der Waals surface area contributed by atoms with E-state index in [1.165, 1.54) is 24.3 Å². The zero-order valence-electron chi connectivity index (χ0n) is 9.21. The number of pyridine rings is 1. The fraction of sp³-hybridized carbons (Fsp3) is 0.0833. The molecule has 0 aliphatic heterocycles. The molecule has 0 unspecified atom stereocenters. The summed E-state index contributed by atoms with van der Waals surface area (Å²) in [5.74, 6) is -0.770. The van der Waals surface area contributed by atoms with Crippen molar-refractivity contribution in [1.82, 2.24) is 4.98 Å². The Balaban J connectivity index is 2.26. The van der Waals surface area contributed by atoms with Crippen molar-refractivity contribution < 1.29 is 22.3 Å². The number of nitrogens with zero attached hydrogens (tertiary/aromatic N) is 1. The van der Waals surface area contributed by atoms with Gasteiger partial charge in [0, 0.05) is 12.1 Å². The summed E-state index contributed by atoms with van der Waals surface area (Å²) in [7, 11) is 0. The molecule has 0 amide bonds. The summed E-state index contributed by atoms with van der Waals surface area (Å²) in [6.07, 6.45) is -4.55. The Morgan fingerprint density at radius 3 is 2.47 bits per heavy atom. The van der Waals surface area contributed by atoms with Crippen molar-refractivity contribution in [2.24, 2.45) is 0 Å². The Morgan fingerprint density at radius 2 is 1.84 bits per heavy atom. The van der Waals surface area contributed by atoms with Gasteiger partial charge in [-0.1, -0.05) is 6.07 Å². The Hall–Kier alpha value is -1.63. The molecule has 2 nitrogen and oxygen atoms in total. The van der Waals surface area contributed by atoms with Gasteiger partial charge in [-0.15, -0.1) is 0 Å². The van der Waals surface area contributed by atoms with Crippen LogP contribution in [0, 0.1) is 5.82 Å². The molecule has 0 bridgehead atoms. The highest BCUT2D eigenvalue weighted by Gasteiger charge is 2.32. The van der Waals surface area contributed by atoms with Crippen LogP contribution in [0.25, 0.3) is 0 Å². The van der Waals surface area contributed by atoms with Crippen LogP contribution in [0.5, 0.6) is 11.6 Å². The zero-order chi connectivity index (χ0) is 14.0. The van der Waals surface area contributed by atoms with E-state index >= 15 is 0 Å². The van der Waals surface area contributed by atoms with Crippen LogP contribution in [0.4, 0.5) is 17.6 Å². The van der Waals surface area contributed by atoms with Gasteiger partial charge < -0.3 is 4.74 Å². The summed E-state index contributed by atoms with van der Waals surface area (Å²) in [4.78, 5) is 3.31. The first kappa shape index (κ1) is 13.8. The Labute approximate surface area is 114 Å². The fourth-order valence-corrected chi connectivity index (χ4v) is 1.54. The molecule has 1 aromatic heterocycles. The lowest BCUT2D eigenvalue weighted by molar-refractivity contribution is -0.141. The molecule has 0 aliphatic rings. The molecule has 0 fully saturated rings. The quantitative estimate of drug-likeness (QED) is 0.736. The SMILES string of the molecule is Fc1cc(Oc2cccc(C(F)(F)F)n2)ccc1Br. The van der Waals surface area contributed by atoms with E-state index in [0.717, 1.165) is 12.1 Å². The molecule has 0 spiro atoms. The van der Waals surface area contributed by atoms with Gasteiger partial charge in [-0.2, -0.15) is 13.2 Å². The van der Waals surface area contributed by atoms with Crippen LogP contribution in [-0.2, 0) is 6.18 Å². The average molecular weight is 336 g/mol.